The maximum Gasteiger partial charge on any atom is 0.226 e. The van der Waals surface area contributed by atoms with Gasteiger partial charge >= 0.3 is 0 Å². The van der Waals surface area contributed by atoms with Gasteiger partial charge < -0.3 is 15.4 Å². The van der Waals surface area contributed by atoms with E-state index in [0.29, 0.717) is 37.7 Å². The van der Waals surface area contributed by atoms with Crippen molar-refractivity contribution in [3.63, 3.8) is 0 Å². The van der Waals surface area contributed by atoms with Crippen molar-refractivity contribution in [2.24, 2.45) is 17.6 Å². The lowest BCUT2D eigenvalue weighted by Crippen LogP contribution is -2.46. The molecule has 0 spiro atoms. The fourth-order valence-electron chi connectivity index (χ4n) is 3.65. The molecule has 2 aliphatic rings. The molecule has 6 heteroatoms. The van der Waals surface area contributed by atoms with Gasteiger partial charge in [-0.1, -0.05) is 24.6 Å². The fraction of sp³-hybridized carbons (Fsp3) is 0.588. The lowest BCUT2D eigenvalue weighted by molar-refractivity contribution is -0.144. The average Bonchev–Trinajstić information content (AvgIpc) is 3.03. The Balaban J connectivity index is 0.00000192. The van der Waals surface area contributed by atoms with Crippen LogP contribution < -0.4 is 5.73 Å². The number of rotatable bonds is 3. The molecule has 1 aliphatic carbocycles. The molecule has 1 heterocycles. The highest BCUT2D eigenvalue weighted by atomic mass is 35.5. The molecule has 2 fully saturated rings. The smallest absolute Gasteiger partial charge is 0.226 e. The van der Waals surface area contributed by atoms with Crippen molar-refractivity contribution in [3.05, 3.63) is 35.6 Å². The zero-order valence-electron chi connectivity index (χ0n) is 13.1. The second-order valence-electron chi connectivity index (χ2n) is 6.20. The van der Waals surface area contributed by atoms with E-state index < -0.39 is 0 Å². The van der Waals surface area contributed by atoms with Gasteiger partial charge in [-0.3, -0.25) is 4.79 Å². The third-order valence-corrected chi connectivity index (χ3v) is 4.91. The Bertz CT molecular complexity index is 543. The van der Waals surface area contributed by atoms with E-state index in [2.05, 4.69) is 0 Å². The molecule has 4 nitrogen and oxygen atoms in total. The van der Waals surface area contributed by atoms with Gasteiger partial charge in [0, 0.05) is 18.0 Å². The van der Waals surface area contributed by atoms with Crippen LogP contribution in [0.3, 0.4) is 0 Å². The van der Waals surface area contributed by atoms with Crippen LogP contribution in [-0.4, -0.2) is 37.0 Å². The average molecular weight is 343 g/mol. The maximum absolute atomic E-state index is 13.9. The first-order chi connectivity index (χ1) is 10.7. The van der Waals surface area contributed by atoms with E-state index in [1.165, 1.54) is 6.07 Å². The lowest BCUT2D eigenvalue weighted by Gasteiger charge is -2.35. The van der Waals surface area contributed by atoms with Gasteiger partial charge in [0.2, 0.25) is 5.91 Å². The highest BCUT2D eigenvalue weighted by molar-refractivity contribution is 5.85. The van der Waals surface area contributed by atoms with Crippen LogP contribution in [-0.2, 0) is 9.53 Å². The number of nitrogens with zero attached hydrogens (tertiary/aromatic N) is 1. The van der Waals surface area contributed by atoms with Crippen LogP contribution in [0.2, 0.25) is 0 Å². The van der Waals surface area contributed by atoms with Gasteiger partial charge in [-0.05, 0) is 31.4 Å². The minimum Gasteiger partial charge on any atom is -0.370 e. The van der Waals surface area contributed by atoms with Crippen molar-refractivity contribution in [1.82, 2.24) is 4.90 Å². The van der Waals surface area contributed by atoms with Crippen molar-refractivity contribution in [1.29, 1.82) is 0 Å². The lowest BCUT2D eigenvalue weighted by atomic mass is 9.94. The number of nitrogens with two attached hydrogens (primary N) is 1. The van der Waals surface area contributed by atoms with Crippen molar-refractivity contribution >= 4 is 18.3 Å². The van der Waals surface area contributed by atoms with E-state index in [-0.39, 0.29) is 36.2 Å². The van der Waals surface area contributed by atoms with Gasteiger partial charge in [-0.2, -0.15) is 0 Å². The zero-order chi connectivity index (χ0) is 15.5. The van der Waals surface area contributed by atoms with Gasteiger partial charge in [-0.25, -0.2) is 4.39 Å². The van der Waals surface area contributed by atoms with E-state index in [4.69, 9.17) is 10.5 Å². The van der Waals surface area contributed by atoms with E-state index in [0.717, 1.165) is 19.3 Å². The Labute approximate surface area is 142 Å². The molecule has 1 saturated heterocycles. The third kappa shape index (κ3) is 3.84. The molecule has 0 bridgehead atoms. The number of hydrogen-bond acceptors (Lipinski definition) is 3. The van der Waals surface area contributed by atoms with Crippen LogP contribution >= 0.6 is 12.4 Å². The quantitative estimate of drug-likeness (QED) is 0.918. The SMILES string of the molecule is Cl.NC[C@H]1CCC[C@H]1C(=O)N1CCOC(c2ccccc2F)C1. The molecular formula is C17H24ClFN2O2. The van der Waals surface area contributed by atoms with E-state index in [1.807, 2.05) is 4.90 Å². The van der Waals surface area contributed by atoms with Crippen molar-refractivity contribution in [2.45, 2.75) is 25.4 Å². The summed E-state index contributed by atoms with van der Waals surface area (Å²) >= 11 is 0. The number of halogens is 2. The molecule has 1 saturated carbocycles. The third-order valence-electron chi connectivity index (χ3n) is 4.91. The molecule has 0 aromatic heterocycles. The molecule has 1 aromatic carbocycles. The van der Waals surface area contributed by atoms with Gasteiger partial charge in [0.1, 0.15) is 11.9 Å². The van der Waals surface area contributed by atoms with Crippen LogP contribution in [0, 0.1) is 17.7 Å². The van der Waals surface area contributed by atoms with Crippen molar-refractivity contribution in [2.75, 3.05) is 26.2 Å². The number of carbonyl (C=O) groups excluding carboxylic acids is 1. The molecule has 1 amide bonds. The molecule has 1 aliphatic heterocycles. The molecule has 1 unspecified atom stereocenters. The Hall–Kier alpha value is -1.17. The molecule has 3 atom stereocenters. The van der Waals surface area contributed by atoms with Gasteiger partial charge in [0.25, 0.3) is 0 Å². The maximum atomic E-state index is 13.9. The largest absolute Gasteiger partial charge is 0.370 e. The summed E-state index contributed by atoms with van der Waals surface area (Å²) in [5.74, 6) is 0.215. The standard InChI is InChI=1S/C17H23FN2O2.ClH/c18-15-7-2-1-5-14(15)16-11-20(8-9-22-16)17(21)13-6-3-4-12(13)10-19;/h1-2,5,7,12-13,16H,3-4,6,8-11,19H2;1H/t12-,13-,16?;/m1./s1. The van der Waals surface area contributed by atoms with E-state index >= 15 is 0 Å². The number of hydrogen-bond donors (Lipinski definition) is 1. The summed E-state index contributed by atoms with van der Waals surface area (Å²) in [6, 6.07) is 6.62. The molecular weight excluding hydrogens is 319 g/mol. The second-order valence-corrected chi connectivity index (χ2v) is 6.20. The number of morpholine rings is 1. The number of ether oxygens (including phenoxy) is 1. The van der Waals surface area contributed by atoms with Crippen molar-refractivity contribution in [3.8, 4) is 0 Å². The molecule has 1 aromatic rings. The Morgan fingerprint density at radius 2 is 2.13 bits per heavy atom. The Morgan fingerprint density at radius 1 is 1.35 bits per heavy atom. The summed E-state index contributed by atoms with van der Waals surface area (Å²) in [5.41, 5.74) is 6.31. The highest BCUT2D eigenvalue weighted by Gasteiger charge is 2.37. The summed E-state index contributed by atoms with van der Waals surface area (Å²) in [6.07, 6.45) is 2.65. The Morgan fingerprint density at radius 3 is 2.87 bits per heavy atom. The topological polar surface area (TPSA) is 55.6 Å². The first-order valence-electron chi connectivity index (χ1n) is 8.05. The Kier molecular flexibility index (Phi) is 6.39. The van der Waals surface area contributed by atoms with Crippen LogP contribution in [0.5, 0.6) is 0 Å². The summed E-state index contributed by atoms with van der Waals surface area (Å²) in [4.78, 5) is 14.6. The summed E-state index contributed by atoms with van der Waals surface area (Å²) in [5, 5.41) is 0. The molecule has 2 N–H and O–H groups in total. The van der Waals surface area contributed by atoms with Gasteiger partial charge in [0.15, 0.2) is 0 Å². The van der Waals surface area contributed by atoms with E-state index in [9.17, 15) is 9.18 Å². The summed E-state index contributed by atoms with van der Waals surface area (Å²) < 4.78 is 19.6. The summed E-state index contributed by atoms with van der Waals surface area (Å²) in [6.45, 7) is 2.02. The van der Waals surface area contributed by atoms with Crippen LogP contribution in [0.15, 0.2) is 24.3 Å². The van der Waals surface area contributed by atoms with Crippen molar-refractivity contribution < 1.29 is 13.9 Å². The number of amides is 1. The fourth-order valence-corrected chi connectivity index (χ4v) is 3.65. The first-order valence-corrected chi connectivity index (χ1v) is 8.05. The molecule has 0 radical (unpaired) electrons. The van der Waals surface area contributed by atoms with Crippen LogP contribution in [0.4, 0.5) is 4.39 Å². The molecule has 23 heavy (non-hydrogen) atoms. The summed E-state index contributed by atoms with van der Waals surface area (Å²) in [7, 11) is 0. The normalized spacial score (nSPS) is 27.6. The minimum atomic E-state index is -0.378. The number of benzene rings is 1. The zero-order valence-corrected chi connectivity index (χ0v) is 13.9. The van der Waals surface area contributed by atoms with Crippen LogP contribution in [0.25, 0.3) is 0 Å². The highest BCUT2D eigenvalue weighted by Crippen LogP contribution is 2.34. The van der Waals surface area contributed by atoms with Gasteiger partial charge in [-0.15, -0.1) is 12.4 Å². The van der Waals surface area contributed by atoms with Crippen LogP contribution in [0.1, 0.15) is 30.9 Å². The van der Waals surface area contributed by atoms with E-state index in [1.54, 1.807) is 18.2 Å². The van der Waals surface area contributed by atoms with Gasteiger partial charge in [0.05, 0.1) is 13.2 Å². The second kappa shape index (κ2) is 8.08. The first kappa shape index (κ1) is 18.2. The molecule has 3 rings (SSSR count). The minimum absolute atomic E-state index is 0. The predicted molar refractivity (Wildman–Crippen MR) is 88.8 cm³/mol. The monoisotopic (exact) mass is 342 g/mol. The molecule has 128 valence electrons. The predicted octanol–water partition coefficient (Wildman–Crippen LogP) is 2.52. The number of carbonyl (C=O) groups is 1.